The highest BCUT2D eigenvalue weighted by atomic mass is 35.5. The van der Waals surface area contributed by atoms with E-state index in [1.165, 1.54) is 4.52 Å². The van der Waals surface area contributed by atoms with Gasteiger partial charge < -0.3 is 5.32 Å². The number of nitrogens with zero attached hydrogens (tertiary/aromatic N) is 4. The van der Waals surface area contributed by atoms with Crippen molar-refractivity contribution in [2.45, 2.75) is 26.8 Å². The smallest absolute Gasteiger partial charge is 0.296 e. The van der Waals surface area contributed by atoms with Gasteiger partial charge in [0.25, 0.3) is 11.5 Å². The van der Waals surface area contributed by atoms with E-state index in [-0.39, 0.29) is 17.0 Å². The molecule has 3 aromatic carbocycles. The van der Waals surface area contributed by atoms with Gasteiger partial charge in [-0.05, 0) is 66.4 Å². The Morgan fingerprint density at radius 1 is 1.00 bits per heavy atom. The third-order valence-corrected chi connectivity index (χ3v) is 5.95. The van der Waals surface area contributed by atoms with Crippen LogP contribution in [0.3, 0.4) is 0 Å². The maximum atomic E-state index is 13.5. The lowest BCUT2D eigenvalue weighted by atomic mass is 10.1. The molecule has 0 fully saturated rings. The molecule has 0 saturated carbocycles. The topological polar surface area (TPSA) is 81.3 Å². The van der Waals surface area contributed by atoms with Gasteiger partial charge in [0.2, 0.25) is 11.5 Å². The van der Waals surface area contributed by atoms with Crippen molar-refractivity contribution in [2.24, 2.45) is 0 Å². The Hall–Kier alpha value is -3.97. The minimum Gasteiger partial charge on any atom is -0.319 e. The highest BCUT2D eigenvalue weighted by molar-refractivity contribution is 6.30. The monoisotopic (exact) mass is 471 g/mol. The number of carbonyl (C=O) groups excluding carboxylic acids is 1. The van der Waals surface area contributed by atoms with Crippen molar-refractivity contribution in [3.05, 3.63) is 105 Å². The molecule has 2 heterocycles. The molecule has 5 aromatic rings. The van der Waals surface area contributed by atoms with Crippen molar-refractivity contribution in [1.82, 2.24) is 19.2 Å². The van der Waals surface area contributed by atoms with Crippen LogP contribution in [-0.2, 0) is 13.0 Å². The maximum absolute atomic E-state index is 13.5. The van der Waals surface area contributed by atoms with Crippen LogP contribution in [0.1, 0.15) is 34.2 Å². The van der Waals surface area contributed by atoms with Gasteiger partial charge in [-0.15, -0.1) is 5.10 Å². The van der Waals surface area contributed by atoms with Crippen molar-refractivity contribution in [2.75, 3.05) is 5.32 Å². The molecule has 0 aliphatic carbocycles. The van der Waals surface area contributed by atoms with E-state index in [1.54, 1.807) is 10.6 Å². The Morgan fingerprint density at radius 2 is 1.79 bits per heavy atom. The molecule has 0 aliphatic rings. The summed E-state index contributed by atoms with van der Waals surface area (Å²) in [5.41, 5.74) is 4.78. The molecule has 0 spiro atoms. The summed E-state index contributed by atoms with van der Waals surface area (Å²) in [7, 11) is 0. The quantitative estimate of drug-likeness (QED) is 0.396. The molecule has 0 radical (unpaired) electrons. The summed E-state index contributed by atoms with van der Waals surface area (Å²) in [6, 6.07) is 20.7. The number of anilines is 1. The highest BCUT2D eigenvalue weighted by Gasteiger charge is 2.19. The summed E-state index contributed by atoms with van der Waals surface area (Å²) in [6.45, 7) is 4.32. The van der Waals surface area contributed by atoms with Gasteiger partial charge in [-0.25, -0.2) is 4.52 Å². The minimum absolute atomic E-state index is 0.0682. The van der Waals surface area contributed by atoms with Crippen LogP contribution in [0.5, 0.6) is 0 Å². The van der Waals surface area contributed by atoms with Crippen LogP contribution in [0.2, 0.25) is 5.02 Å². The number of rotatable bonds is 5. The molecule has 0 atom stereocenters. The Kier molecular flexibility index (Phi) is 5.63. The van der Waals surface area contributed by atoms with Crippen molar-refractivity contribution in [3.8, 4) is 0 Å². The van der Waals surface area contributed by atoms with Gasteiger partial charge in [-0.3, -0.25) is 14.2 Å². The van der Waals surface area contributed by atoms with E-state index in [4.69, 9.17) is 11.6 Å². The number of halogens is 1. The lowest BCUT2D eigenvalue weighted by Gasteiger charge is -2.12. The second-order valence-corrected chi connectivity index (χ2v) is 8.63. The first kappa shape index (κ1) is 21.9. The largest absolute Gasteiger partial charge is 0.319 e. The van der Waals surface area contributed by atoms with E-state index in [9.17, 15) is 9.59 Å². The zero-order valence-corrected chi connectivity index (χ0v) is 19.5. The Balaban J connectivity index is 1.62. The molecule has 5 rings (SSSR count). The SMILES string of the molecule is CCc1cccc(NC(=O)c2nc3c(=O)n(Cc4cccc(Cl)c4)c4cc(C)ccc4n3n2)c1. The lowest BCUT2D eigenvalue weighted by molar-refractivity contribution is 0.101. The van der Waals surface area contributed by atoms with Crippen LogP contribution >= 0.6 is 11.6 Å². The molecule has 1 amide bonds. The van der Waals surface area contributed by atoms with Gasteiger partial charge in [0, 0.05) is 10.7 Å². The fourth-order valence-corrected chi connectivity index (χ4v) is 4.22. The number of amides is 1. The molecule has 0 saturated heterocycles. The molecule has 7 nitrogen and oxygen atoms in total. The van der Waals surface area contributed by atoms with Crippen LogP contribution in [0.4, 0.5) is 5.69 Å². The molecule has 0 unspecified atom stereocenters. The minimum atomic E-state index is -0.474. The first-order valence-electron chi connectivity index (χ1n) is 11.0. The van der Waals surface area contributed by atoms with E-state index in [0.29, 0.717) is 28.3 Å². The fourth-order valence-electron chi connectivity index (χ4n) is 4.00. The van der Waals surface area contributed by atoms with Crippen molar-refractivity contribution >= 4 is 39.9 Å². The number of aromatic nitrogens is 4. The first-order chi connectivity index (χ1) is 16.4. The van der Waals surface area contributed by atoms with E-state index >= 15 is 0 Å². The van der Waals surface area contributed by atoms with E-state index in [2.05, 4.69) is 15.4 Å². The number of aryl methyl sites for hydroxylation is 2. The van der Waals surface area contributed by atoms with Crippen LogP contribution in [0, 0.1) is 6.92 Å². The number of hydrogen-bond acceptors (Lipinski definition) is 4. The van der Waals surface area contributed by atoms with Gasteiger partial charge in [0.1, 0.15) is 0 Å². The average molecular weight is 472 g/mol. The lowest BCUT2D eigenvalue weighted by Crippen LogP contribution is -2.24. The summed E-state index contributed by atoms with van der Waals surface area (Å²) in [6.07, 6.45) is 0.855. The Morgan fingerprint density at radius 3 is 2.59 bits per heavy atom. The molecule has 0 bridgehead atoms. The zero-order valence-electron chi connectivity index (χ0n) is 18.7. The number of nitrogens with one attached hydrogen (secondary N) is 1. The average Bonchev–Trinajstić information content (AvgIpc) is 3.28. The van der Waals surface area contributed by atoms with Gasteiger partial charge in [0.15, 0.2) is 0 Å². The molecular weight excluding hydrogens is 450 g/mol. The van der Waals surface area contributed by atoms with Crippen LogP contribution < -0.4 is 10.9 Å². The van der Waals surface area contributed by atoms with E-state index in [0.717, 1.165) is 23.1 Å². The summed E-state index contributed by atoms with van der Waals surface area (Å²) in [4.78, 5) is 30.7. The van der Waals surface area contributed by atoms with Crippen LogP contribution in [-0.4, -0.2) is 25.1 Å². The molecular formula is C26H22ClN5O2. The standard InChI is InChI=1S/C26H22ClN5O2/c1-3-17-6-5-9-20(14-17)28-25(33)23-29-24-26(34)31(15-18-7-4-8-19(27)13-18)22-12-16(2)10-11-21(22)32(24)30-23/h4-14H,3,15H2,1-2H3,(H,28,33). The Labute approximate surface area is 200 Å². The van der Waals surface area contributed by atoms with Gasteiger partial charge in [-0.2, -0.15) is 4.98 Å². The van der Waals surface area contributed by atoms with Gasteiger partial charge in [0.05, 0.1) is 17.6 Å². The highest BCUT2D eigenvalue weighted by Crippen LogP contribution is 2.19. The van der Waals surface area contributed by atoms with Gasteiger partial charge in [-0.1, -0.05) is 48.9 Å². The number of hydrogen-bond donors (Lipinski definition) is 1. The molecule has 1 N–H and O–H groups in total. The number of carbonyl (C=O) groups is 1. The second-order valence-electron chi connectivity index (χ2n) is 8.19. The van der Waals surface area contributed by atoms with E-state index in [1.807, 2.05) is 74.5 Å². The van der Waals surface area contributed by atoms with Gasteiger partial charge >= 0.3 is 0 Å². The van der Waals surface area contributed by atoms with Crippen molar-refractivity contribution < 1.29 is 4.79 Å². The molecule has 34 heavy (non-hydrogen) atoms. The van der Waals surface area contributed by atoms with Crippen molar-refractivity contribution in [1.29, 1.82) is 0 Å². The van der Waals surface area contributed by atoms with Crippen LogP contribution in [0.25, 0.3) is 16.7 Å². The van der Waals surface area contributed by atoms with E-state index < -0.39 is 5.91 Å². The molecule has 0 aliphatic heterocycles. The predicted molar refractivity (Wildman–Crippen MR) is 134 cm³/mol. The number of fused-ring (bicyclic) bond motifs is 3. The first-order valence-corrected chi connectivity index (χ1v) is 11.4. The molecule has 2 aromatic heterocycles. The summed E-state index contributed by atoms with van der Waals surface area (Å²) >= 11 is 6.15. The van der Waals surface area contributed by atoms with Crippen LogP contribution in [0.15, 0.2) is 71.5 Å². The molecule has 8 heteroatoms. The maximum Gasteiger partial charge on any atom is 0.296 e. The number of benzene rings is 3. The third-order valence-electron chi connectivity index (χ3n) is 5.72. The summed E-state index contributed by atoms with van der Waals surface area (Å²) in [5.74, 6) is -0.542. The Bertz CT molecular complexity index is 1620. The molecule has 170 valence electrons. The zero-order chi connectivity index (χ0) is 23.8. The van der Waals surface area contributed by atoms with Crippen molar-refractivity contribution in [3.63, 3.8) is 0 Å². The fraction of sp³-hybridized carbons (Fsp3) is 0.154. The summed E-state index contributed by atoms with van der Waals surface area (Å²) in [5, 5.41) is 7.82. The third kappa shape index (κ3) is 4.06. The predicted octanol–water partition coefficient (Wildman–Crippen LogP) is 4.87. The summed E-state index contributed by atoms with van der Waals surface area (Å²) < 4.78 is 3.09. The second kappa shape index (κ2) is 8.76. The normalized spacial score (nSPS) is 11.3.